The van der Waals surface area contributed by atoms with E-state index >= 15 is 0 Å². The molecule has 4 rings (SSSR count). The third kappa shape index (κ3) is 4.09. The minimum absolute atomic E-state index is 0.180. The van der Waals surface area contributed by atoms with Crippen LogP contribution in [0.15, 0.2) is 42.5 Å². The Kier molecular flexibility index (Phi) is 5.43. The van der Waals surface area contributed by atoms with E-state index in [1.54, 1.807) is 24.3 Å². The maximum Gasteiger partial charge on any atom is 0.338 e. The van der Waals surface area contributed by atoms with Gasteiger partial charge in [-0.2, -0.15) is 0 Å². The lowest BCUT2D eigenvalue weighted by atomic mass is 10.1. The Morgan fingerprint density at radius 1 is 1.29 bits per heavy atom. The number of hydrogen-bond acceptors (Lipinski definition) is 6. The lowest BCUT2D eigenvalue weighted by Gasteiger charge is -2.38. The minimum Gasteiger partial charge on any atom is -0.494 e. The fourth-order valence-corrected chi connectivity index (χ4v) is 3.97. The SMILES string of the molecule is CCCCOc1cccc(C(=O)OC2CN(c3nc4ccc(F)cc4s3)C2)c1. The number of nitrogens with zero attached hydrogens (tertiary/aromatic N) is 2. The van der Waals surface area contributed by atoms with Gasteiger partial charge in [0, 0.05) is 0 Å². The van der Waals surface area contributed by atoms with Gasteiger partial charge >= 0.3 is 5.97 Å². The van der Waals surface area contributed by atoms with Crippen LogP contribution in [-0.2, 0) is 4.74 Å². The molecule has 1 aliphatic heterocycles. The fourth-order valence-electron chi connectivity index (χ4n) is 2.96. The van der Waals surface area contributed by atoms with Gasteiger partial charge in [-0.1, -0.05) is 30.7 Å². The number of benzene rings is 2. The zero-order valence-electron chi connectivity index (χ0n) is 15.6. The van der Waals surface area contributed by atoms with Gasteiger partial charge in [-0.3, -0.25) is 0 Å². The average molecular weight is 400 g/mol. The number of ether oxygens (including phenoxy) is 2. The molecule has 1 aromatic heterocycles. The number of anilines is 1. The largest absolute Gasteiger partial charge is 0.494 e. The van der Waals surface area contributed by atoms with Crippen molar-refractivity contribution >= 4 is 32.7 Å². The zero-order valence-corrected chi connectivity index (χ0v) is 16.4. The van der Waals surface area contributed by atoms with Crippen LogP contribution in [0.1, 0.15) is 30.1 Å². The van der Waals surface area contributed by atoms with Gasteiger partial charge in [0.1, 0.15) is 17.7 Å². The third-order valence-corrected chi connectivity index (χ3v) is 5.65. The molecule has 0 unspecified atom stereocenters. The van der Waals surface area contributed by atoms with Gasteiger partial charge in [-0.25, -0.2) is 14.2 Å². The normalized spacial score (nSPS) is 14.1. The summed E-state index contributed by atoms with van der Waals surface area (Å²) in [6.45, 7) is 3.91. The highest BCUT2D eigenvalue weighted by atomic mass is 32.1. The lowest BCUT2D eigenvalue weighted by Crippen LogP contribution is -2.53. The van der Waals surface area contributed by atoms with Gasteiger partial charge in [0.05, 0.1) is 35.5 Å². The molecule has 7 heteroatoms. The topological polar surface area (TPSA) is 51.7 Å². The second-order valence-electron chi connectivity index (χ2n) is 6.77. The highest BCUT2D eigenvalue weighted by Gasteiger charge is 2.32. The molecule has 0 amide bonds. The van der Waals surface area contributed by atoms with Crippen LogP contribution in [0.5, 0.6) is 5.75 Å². The third-order valence-electron chi connectivity index (χ3n) is 4.57. The summed E-state index contributed by atoms with van der Waals surface area (Å²) in [5.41, 5.74) is 1.27. The predicted molar refractivity (Wildman–Crippen MR) is 108 cm³/mol. The van der Waals surface area contributed by atoms with Crippen molar-refractivity contribution in [1.82, 2.24) is 4.98 Å². The molecule has 0 radical (unpaired) electrons. The van der Waals surface area contributed by atoms with Crippen LogP contribution in [-0.4, -0.2) is 36.8 Å². The Morgan fingerprint density at radius 2 is 2.14 bits per heavy atom. The predicted octanol–water partition coefficient (Wildman–Crippen LogP) is 4.66. The summed E-state index contributed by atoms with van der Waals surface area (Å²) in [5.74, 6) is 0.0656. The molecule has 1 saturated heterocycles. The Labute approximate surface area is 166 Å². The first-order chi connectivity index (χ1) is 13.6. The first-order valence-corrected chi connectivity index (χ1v) is 10.2. The van der Waals surface area contributed by atoms with E-state index in [2.05, 4.69) is 11.9 Å². The number of halogens is 1. The van der Waals surface area contributed by atoms with E-state index in [0.717, 1.165) is 28.2 Å². The first kappa shape index (κ1) is 18.7. The van der Waals surface area contributed by atoms with Crippen molar-refractivity contribution in [2.75, 3.05) is 24.6 Å². The van der Waals surface area contributed by atoms with E-state index in [4.69, 9.17) is 9.47 Å². The number of aromatic nitrogens is 1. The van der Waals surface area contributed by atoms with Crippen molar-refractivity contribution in [3.8, 4) is 5.75 Å². The Morgan fingerprint density at radius 3 is 2.96 bits per heavy atom. The van der Waals surface area contributed by atoms with Crippen molar-refractivity contribution in [2.24, 2.45) is 0 Å². The van der Waals surface area contributed by atoms with Crippen LogP contribution >= 0.6 is 11.3 Å². The molecule has 1 fully saturated rings. The Balaban J connectivity index is 1.32. The number of hydrogen-bond donors (Lipinski definition) is 0. The van der Waals surface area contributed by atoms with E-state index in [9.17, 15) is 9.18 Å². The summed E-state index contributed by atoms with van der Waals surface area (Å²) in [5, 5.41) is 0.819. The highest BCUT2D eigenvalue weighted by molar-refractivity contribution is 7.22. The van der Waals surface area contributed by atoms with Crippen LogP contribution in [0.25, 0.3) is 10.2 Å². The molecule has 28 heavy (non-hydrogen) atoms. The van der Waals surface area contributed by atoms with E-state index < -0.39 is 0 Å². The first-order valence-electron chi connectivity index (χ1n) is 9.37. The second kappa shape index (κ2) is 8.14. The molecule has 2 aromatic carbocycles. The minimum atomic E-state index is -0.350. The summed E-state index contributed by atoms with van der Waals surface area (Å²) in [4.78, 5) is 18.9. The van der Waals surface area contributed by atoms with E-state index in [-0.39, 0.29) is 17.9 Å². The summed E-state index contributed by atoms with van der Waals surface area (Å²) < 4.78 is 25.4. The van der Waals surface area contributed by atoms with Crippen LogP contribution in [0, 0.1) is 5.82 Å². The van der Waals surface area contributed by atoms with Gasteiger partial charge in [-0.05, 0) is 42.8 Å². The van der Waals surface area contributed by atoms with Crippen molar-refractivity contribution in [1.29, 1.82) is 0 Å². The number of esters is 1. The van der Waals surface area contributed by atoms with Crippen LogP contribution in [0.3, 0.4) is 0 Å². The summed E-state index contributed by atoms with van der Waals surface area (Å²) in [7, 11) is 0. The molecule has 0 atom stereocenters. The van der Waals surface area contributed by atoms with E-state index in [1.807, 2.05) is 11.0 Å². The Bertz CT molecular complexity index is 985. The van der Waals surface area contributed by atoms with Gasteiger partial charge in [0.15, 0.2) is 5.13 Å². The monoisotopic (exact) mass is 400 g/mol. The van der Waals surface area contributed by atoms with Crippen molar-refractivity contribution in [2.45, 2.75) is 25.9 Å². The highest BCUT2D eigenvalue weighted by Crippen LogP contribution is 2.32. The maximum atomic E-state index is 13.3. The second-order valence-corrected chi connectivity index (χ2v) is 7.78. The standard InChI is InChI=1S/C21H21FN2O3S/c1-2-3-9-26-16-6-4-5-14(10-16)20(25)27-17-12-24(13-17)21-23-18-8-7-15(22)11-19(18)28-21/h4-8,10-11,17H,2-3,9,12-13H2,1H3. The van der Waals surface area contributed by atoms with E-state index in [1.165, 1.54) is 23.5 Å². The molecule has 146 valence electrons. The van der Waals surface area contributed by atoms with Crippen molar-refractivity contribution in [3.05, 3.63) is 53.8 Å². The maximum absolute atomic E-state index is 13.3. The van der Waals surface area contributed by atoms with Crippen molar-refractivity contribution < 1.29 is 18.7 Å². The van der Waals surface area contributed by atoms with E-state index in [0.29, 0.717) is 31.0 Å². The molecule has 0 aliphatic carbocycles. The van der Waals surface area contributed by atoms with Crippen LogP contribution in [0.4, 0.5) is 9.52 Å². The molecule has 0 N–H and O–H groups in total. The summed E-state index contributed by atoms with van der Waals surface area (Å²) >= 11 is 1.44. The Hall–Kier alpha value is -2.67. The van der Waals surface area contributed by atoms with Crippen LogP contribution in [0.2, 0.25) is 0 Å². The fraction of sp³-hybridized carbons (Fsp3) is 0.333. The molecule has 5 nitrogen and oxygen atoms in total. The molecular weight excluding hydrogens is 379 g/mol. The number of thiazole rings is 1. The van der Waals surface area contributed by atoms with Crippen molar-refractivity contribution in [3.63, 3.8) is 0 Å². The molecule has 3 aromatic rings. The summed E-state index contributed by atoms with van der Waals surface area (Å²) in [6, 6.07) is 11.7. The lowest BCUT2D eigenvalue weighted by molar-refractivity contribution is 0.0234. The molecule has 0 saturated carbocycles. The number of unbranched alkanes of at least 4 members (excludes halogenated alkanes) is 1. The molecule has 1 aliphatic rings. The zero-order chi connectivity index (χ0) is 19.5. The number of fused-ring (bicyclic) bond motifs is 1. The smallest absolute Gasteiger partial charge is 0.338 e. The number of rotatable bonds is 7. The molecular formula is C21H21FN2O3S. The average Bonchev–Trinajstić information content (AvgIpc) is 3.07. The molecule has 0 bridgehead atoms. The molecule has 0 spiro atoms. The van der Waals surface area contributed by atoms with Gasteiger partial charge in [0.25, 0.3) is 0 Å². The summed E-state index contributed by atoms with van der Waals surface area (Å²) in [6.07, 6.45) is 1.86. The van der Waals surface area contributed by atoms with Gasteiger partial charge in [0.2, 0.25) is 0 Å². The van der Waals surface area contributed by atoms with Gasteiger partial charge < -0.3 is 14.4 Å². The molecule has 2 heterocycles. The van der Waals surface area contributed by atoms with Gasteiger partial charge in [-0.15, -0.1) is 0 Å². The number of carbonyl (C=O) groups is 1. The number of carbonyl (C=O) groups excluding carboxylic acids is 1. The van der Waals surface area contributed by atoms with Crippen LogP contribution < -0.4 is 9.64 Å². The quantitative estimate of drug-likeness (QED) is 0.426.